The Hall–Kier alpha value is -2.87. The van der Waals surface area contributed by atoms with E-state index in [0.717, 1.165) is 5.56 Å². The zero-order valence-electron chi connectivity index (χ0n) is 14.1. The number of carbonyl (C=O) groups is 2. The highest BCUT2D eigenvalue weighted by atomic mass is 32.1. The smallest absolute Gasteiger partial charge is 0.408 e. The number of nitrogens with zero attached hydrogens (tertiary/aromatic N) is 2. The molecular formula is C18H17N3O4S. The molecule has 3 aromatic rings. The van der Waals surface area contributed by atoms with Crippen LogP contribution in [0.2, 0.25) is 0 Å². The summed E-state index contributed by atoms with van der Waals surface area (Å²) < 4.78 is 6.71. The van der Waals surface area contributed by atoms with Crippen molar-refractivity contribution in [3.05, 3.63) is 57.2 Å². The lowest BCUT2D eigenvalue weighted by Gasteiger charge is -2.20. The molecule has 8 heteroatoms. The van der Waals surface area contributed by atoms with E-state index in [1.807, 2.05) is 29.0 Å². The first kappa shape index (κ1) is 16.6. The number of para-hydroxylation sites is 2. The van der Waals surface area contributed by atoms with Crippen molar-refractivity contribution in [2.24, 2.45) is 0 Å². The number of oxazole rings is 1. The number of imide groups is 1. The molecule has 26 heavy (non-hydrogen) atoms. The molecule has 4 rings (SSSR count). The normalized spacial score (nSPS) is 20.1. The molecule has 0 saturated carbocycles. The molecule has 3 amide bonds. The fourth-order valence-electron chi connectivity index (χ4n) is 3.26. The average Bonchev–Trinajstić information content (AvgIpc) is 3.30. The quantitative estimate of drug-likeness (QED) is 0.699. The Morgan fingerprint density at radius 3 is 2.73 bits per heavy atom. The van der Waals surface area contributed by atoms with E-state index in [2.05, 4.69) is 5.32 Å². The number of hydrogen-bond acceptors (Lipinski definition) is 5. The number of fused-ring (bicyclic) bond motifs is 1. The van der Waals surface area contributed by atoms with Crippen molar-refractivity contribution in [3.8, 4) is 0 Å². The summed E-state index contributed by atoms with van der Waals surface area (Å²) in [5.74, 6) is -0.711. The minimum absolute atomic E-state index is 0.232. The number of carbonyl (C=O) groups excluding carboxylic acids is 2. The Balaban J connectivity index is 1.48. The molecule has 7 nitrogen and oxygen atoms in total. The van der Waals surface area contributed by atoms with Crippen molar-refractivity contribution in [2.75, 3.05) is 6.54 Å². The van der Waals surface area contributed by atoms with Crippen LogP contribution in [0.5, 0.6) is 0 Å². The molecule has 0 bridgehead atoms. The molecular weight excluding hydrogens is 354 g/mol. The number of thiophene rings is 1. The van der Waals surface area contributed by atoms with E-state index in [4.69, 9.17) is 4.42 Å². The SMILES string of the molecule is CC1(c2ccsc2)NC(=O)N(CCCn2c(=O)oc3ccccc32)C1=O. The van der Waals surface area contributed by atoms with Gasteiger partial charge in [0.05, 0.1) is 5.52 Å². The molecule has 1 atom stereocenters. The van der Waals surface area contributed by atoms with Crippen molar-refractivity contribution >= 4 is 34.4 Å². The first-order chi connectivity index (χ1) is 12.5. The van der Waals surface area contributed by atoms with Gasteiger partial charge in [-0.15, -0.1) is 0 Å². The van der Waals surface area contributed by atoms with E-state index < -0.39 is 17.3 Å². The maximum atomic E-state index is 12.8. The second kappa shape index (κ2) is 6.14. The summed E-state index contributed by atoms with van der Waals surface area (Å²) in [4.78, 5) is 38.2. The van der Waals surface area contributed by atoms with Crippen LogP contribution in [0.25, 0.3) is 11.1 Å². The summed E-state index contributed by atoms with van der Waals surface area (Å²) in [6.45, 7) is 2.31. The highest BCUT2D eigenvalue weighted by Gasteiger charge is 2.48. The van der Waals surface area contributed by atoms with Crippen molar-refractivity contribution < 1.29 is 14.0 Å². The topological polar surface area (TPSA) is 84.6 Å². The summed E-state index contributed by atoms with van der Waals surface area (Å²) >= 11 is 1.48. The van der Waals surface area contributed by atoms with Gasteiger partial charge >= 0.3 is 11.8 Å². The highest BCUT2D eigenvalue weighted by Crippen LogP contribution is 2.30. The van der Waals surface area contributed by atoms with Crippen LogP contribution in [0.1, 0.15) is 18.9 Å². The van der Waals surface area contributed by atoms with Crippen LogP contribution in [0.3, 0.4) is 0 Å². The number of nitrogens with one attached hydrogen (secondary N) is 1. The fraction of sp³-hybridized carbons (Fsp3) is 0.278. The summed E-state index contributed by atoms with van der Waals surface area (Å²) in [5.41, 5.74) is 0.978. The molecule has 1 unspecified atom stereocenters. The van der Waals surface area contributed by atoms with Crippen LogP contribution >= 0.6 is 11.3 Å². The molecule has 0 aliphatic carbocycles. The maximum absolute atomic E-state index is 12.8. The highest BCUT2D eigenvalue weighted by molar-refractivity contribution is 7.08. The third-order valence-electron chi connectivity index (χ3n) is 4.71. The first-order valence-corrected chi connectivity index (χ1v) is 9.20. The number of aromatic nitrogens is 1. The molecule has 1 aliphatic rings. The second-order valence-corrected chi connectivity index (χ2v) is 7.14. The molecule has 0 spiro atoms. The Morgan fingerprint density at radius 1 is 1.15 bits per heavy atom. The standard InChI is InChI=1S/C18H17N3O4S/c1-18(12-7-10-26-11-12)15(22)21(16(23)19-18)9-4-8-20-13-5-2-3-6-14(13)25-17(20)24/h2-3,5-7,10-11H,4,8-9H2,1H3,(H,19,23). The van der Waals surface area contributed by atoms with Gasteiger partial charge in [0.1, 0.15) is 5.54 Å². The fourth-order valence-corrected chi connectivity index (χ4v) is 4.02. The van der Waals surface area contributed by atoms with Crippen molar-refractivity contribution in [3.63, 3.8) is 0 Å². The Kier molecular flexibility index (Phi) is 3.91. The lowest BCUT2D eigenvalue weighted by Crippen LogP contribution is -2.40. The van der Waals surface area contributed by atoms with Crippen LogP contribution < -0.4 is 11.1 Å². The summed E-state index contributed by atoms with van der Waals surface area (Å²) in [6.07, 6.45) is 0.461. The van der Waals surface area contributed by atoms with Gasteiger partial charge in [-0.2, -0.15) is 11.3 Å². The van der Waals surface area contributed by atoms with E-state index >= 15 is 0 Å². The number of amides is 3. The van der Waals surface area contributed by atoms with E-state index in [1.54, 1.807) is 19.1 Å². The van der Waals surface area contributed by atoms with Gasteiger partial charge in [-0.3, -0.25) is 14.3 Å². The molecule has 0 radical (unpaired) electrons. The third-order valence-corrected chi connectivity index (χ3v) is 5.39. The molecule has 1 N–H and O–H groups in total. The van der Waals surface area contributed by atoms with E-state index in [1.165, 1.54) is 20.8 Å². The third kappa shape index (κ3) is 2.53. The van der Waals surface area contributed by atoms with Gasteiger partial charge in [0.25, 0.3) is 5.91 Å². The molecule has 134 valence electrons. The Bertz CT molecular complexity index is 1040. The van der Waals surface area contributed by atoms with E-state index in [-0.39, 0.29) is 12.5 Å². The number of urea groups is 1. The molecule has 2 aromatic heterocycles. The van der Waals surface area contributed by atoms with Crippen LogP contribution in [0.4, 0.5) is 4.79 Å². The Labute approximate surface area is 152 Å². The van der Waals surface area contributed by atoms with Crippen LogP contribution in [-0.4, -0.2) is 28.0 Å². The number of hydrogen-bond donors (Lipinski definition) is 1. The summed E-state index contributed by atoms with van der Waals surface area (Å²) in [6, 6.07) is 8.60. The van der Waals surface area contributed by atoms with Gasteiger partial charge in [0, 0.05) is 13.1 Å². The lowest BCUT2D eigenvalue weighted by atomic mass is 9.95. The summed E-state index contributed by atoms with van der Waals surface area (Å²) in [5, 5.41) is 6.51. The average molecular weight is 371 g/mol. The van der Waals surface area contributed by atoms with Crippen molar-refractivity contribution in [1.82, 2.24) is 14.8 Å². The molecule has 1 aliphatic heterocycles. The predicted molar refractivity (Wildman–Crippen MR) is 97.0 cm³/mol. The van der Waals surface area contributed by atoms with Crippen molar-refractivity contribution in [1.29, 1.82) is 0 Å². The van der Waals surface area contributed by atoms with Crippen LogP contribution in [-0.2, 0) is 16.9 Å². The summed E-state index contributed by atoms with van der Waals surface area (Å²) in [7, 11) is 0. The molecule has 1 fully saturated rings. The minimum atomic E-state index is -1.03. The maximum Gasteiger partial charge on any atom is 0.419 e. The minimum Gasteiger partial charge on any atom is -0.408 e. The molecule has 1 saturated heterocycles. The predicted octanol–water partition coefficient (Wildman–Crippen LogP) is 2.51. The monoisotopic (exact) mass is 371 g/mol. The molecule has 1 aromatic carbocycles. The Morgan fingerprint density at radius 2 is 1.96 bits per heavy atom. The molecule has 3 heterocycles. The number of rotatable bonds is 5. The number of aryl methyl sites for hydroxylation is 1. The van der Waals surface area contributed by atoms with Gasteiger partial charge in [-0.1, -0.05) is 12.1 Å². The zero-order chi connectivity index (χ0) is 18.3. The van der Waals surface area contributed by atoms with Gasteiger partial charge < -0.3 is 9.73 Å². The van der Waals surface area contributed by atoms with Gasteiger partial charge in [0.15, 0.2) is 5.58 Å². The van der Waals surface area contributed by atoms with Gasteiger partial charge in [-0.25, -0.2) is 9.59 Å². The van der Waals surface area contributed by atoms with Crippen LogP contribution in [0.15, 0.2) is 50.3 Å². The van der Waals surface area contributed by atoms with Gasteiger partial charge in [-0.05, 0) is 47.9 Å². The van der Waals surface area contributed by atoms with E-state index in [0.29, 0.717) is 24.1 Å². The largest absolute Gasteiger partial charge is 0.419 e. The van der Waals surface area contributed by atoms with Crippen molar-refractivity contribution in [2.45, 2.75) is 25.4 Å². The first-order valence-electron chi connectivity index (χ1n) is 8.26. The zero-order valence-corrected chi connectivity index (χ0v) is 14.9. The van der Waals surface area contributed by atoms with Crippen LogP contribution in [0, 0.1) is 0 Å². The second-order valence-electron chi connectivity index (χ2n) is 6.36. The van der Waals surface area contributed by atoms with E-state index in [9.17, 15) is 14.4 Å². The lowest BCUT2D eigenvalue weighted by molar-refractivity contribution is -0.131. The van der Waals surface area contributed by atoms with Gasteiger partial charge in [0.2, 0.25) is 0 Å². The number of benzene rings is 1.